The average Bonchev–Trinajstić information content (AvgIpc) is 2.76. The van der Waals surface area contributed by atoms with E-state index in [-0.39, 0.29) is 18.4 Å². The van der Waals surface area contributed by atoms with Crippen LogP contribution < -0.4 is 16.5 Å². The Morgan fingerprint density at radius 2 is 2.00 bits per heavy atom. The third-order valence-electron chi connectivity index (χ3n) is 5.10. The van der Waals surface area contributed by atoms with E-state index in [1.165, 1.54) is 6.20 Å². The third kappa shape index (κ3) is 5.74. The summed E-state index contributed by atoms with van der Waals surface area (Å²) < 4.78 is 5.66. The van der Waals surface area contributed by atoms with Crippen molar-refractivity contribution in [3.05, 3.63) is 52.8 Å². The van der Waals surface area contributed by atoms with E-state index < -0.39 is 5.91 Å². The van der Waals surface area contributed by atoms with Gasteiger partial charge in [0.15, 0.2) is 0 Å². The van der Waals surface area contributed by atoms with Crippen LogP contribution in [0.2, 0.25) is 0 Å². The lowest BCUT2D eigenvalue weighted by atomic mass is 9.99. The molecule has 5 N–H and O–H groups in total. The molecule has 0 radical (unpaired) electrons. The maximum absolute atomic E-state index is 11.8. The lowest BCUT2D eigenvalue weighted by Crippen LogP contribution is -2.25. The van der Waals surface area contributed by atoms with Crippen molar-refractivity contribution in [3.8, 4) is 0 Å². The van der Waals surface area contributed by atoms with E-state index in [4.69, 9.17) is 15.7 Å². The lowest BCUT2D eigenvalue weighted by Gasteiger charge is -2.26. The van der Waals surface area contributed by atoms with Crippen LogP contribution in [-0.4, -0.2) is 33.6 Å². The van der Waals surface area contributed by atoms with E-state index in [0.29, 0.717) is 43.3 Å². The van der Waals surface area contributed by atoms with Gasteiger partial charge in [-0.1, -0.05) is 37.1 Å². The first kappa shape index (κ1) is 21.7. The van der Waals surface area contributed by atoms with Crippen LogP contribution in [0.1, 0.15) is 65.3 Å². The van der Waals surface area contributed by atoms with Crippen molar-refractivity contribution in [2.75, 3.05) is 11.9 Å². The molecule has 0 bridgehead atoms. The second-order valence-electron chi connectivity index (χ2n) is 7.28. The molecule has 160 valence electrons. The van der Waals surface area contributed by atoms with Crippen molar-refractivity contribution >= 4 is 17.8 Å². The number of ether oxygens (including phenoxy) is 1. The molecular formula is C21H27N5O4. The van der Waals surface area contributed by atoms with Gasteiger partial charge in [-0.3, -0.25) is 14.8 Å². The van der Waals surface area contributed by atoms with Crippen LogP contribution >= 0.6 is 0 Å². The molecule has 0 fully saturated rings. The highest BCUT2D eigenvalue weighted by Gasteiger charge is 2.21. The number of primary amides is 1. The van der Waals surface area contributed by atoms with Crippen molar-refractivity contribution in [2.45, 2.75) is 51.2 Å². The number of nitrogens with zero attached hydrogens (tertiary/aromatic N) is 2. The molecule has 0 saturated carbocycles. The Labute approximate surface area is 175 Å². The standard InChI is InChI=1S/C21H27N5O4/c22-20(28)16-11-23-21(24-17(16)9-3-1-2-4-10-19(27)26-29)25-18-13-30-12-14-7-5-6-8-15(14)18/h5-8,11,18,29H,1-4,9-10,12-13H2,(H2,22,28)(H,26,27)(H,23,24,25). The molecule has 2 amide bonds. The van der Waals surface area contributed by atoms with Crippen LogP contribution in [0.15, 0.2) is 30.5 Å². The van der Waals surface area contributed by atoms with Crippen LogP contribution in [0.3, 0.4) is 0 Å². The molecule has 1 aromatic heterocycles. The molecule has 1 unspecified atom stereocenters. The Balaban J connectivity index is 1.62. The molecule has 9 nitrogen and oxygen atoms in total. The number of aromatic nitrogens is 2. The summed E-state index contributed by atoms with van der Waals surface area (Å²) in [7, 11) is 0. The molecule has 9 heteroatoms. The van der Waals surface area contributed by atoms with Crippen LogP contribution in [0.4, 0.5) is 5.95 Å². The fourth-order valence-electron chi connectivity index (χ4n) is 3.53. The van der Waals surface area contributed by atoms with Gasteiger partial charge in [0, 0.05) is 12.6 Å². The second-order valence-corrected chi connectivity index (χ2v) is 7.28. The van der Waals surface area contributed by atoms with Gasteiger partial charge < -0.3 is 15.8 Å². The van der Waals surface area contributed by atoms with E-state index in [1.807, 2.05) is 18.2 Å². The van der Waals surface area contributed by atoms with Gasteiger partial charge in [-0.25, -0.2) is 15.4 Å². The van der Waals surface area contributed by atoms with Gasteiger partial charge in [-0.15, -0.1) is 0 Å². The van der Waals surface area contributed by atoms with Crippen LogP contribution in [0.25, 0.3) is 0 Å². The SMILES string of the molecule is NC(=O)c1cnc(NC2COCc3ccccc32)nc1CCCCCCC(=O)NO. The summed E-state index contributed by atoms with van der Waals surface area (Å²) in [6.45, 7) is 1.09. The highest BCUT2D eigenvalue weighted by atomic mass is 16.5. The number of aryl methyl sites for hydroxylation is 1. The number of hydrogen-bond donors (Lipinski definition) is 4. The maximum atomic E-state index is 11.8. The number of nitrogens with one attached hydrogen (secondary N) is 2. The number of hydrogen-bond acceptors (Lipinski definition) is 7. The normalized spacial score (nSPS) is 15.3. The number of benzene rings is 1. The third-order valence-corrected chi connectivity index (χ3v) is 5.10. The lowest BCUT2D eigenvalue weighted by molar-refractivity contribution is -0.129. The summed E-state index contributed by atoms with van der Waals surface area (Å²) in [5.41, 5.74) is 10.3. The Hall–Kier alpha value is -3.04. The topological polar surface area (TPSA) is 139 Å². The molecule has 0 aliphatic carbocycles. The van der Waals surface area contributed by atoms with Crippen LogP contribution in [-0.2, 0) is 22.6 Å². The second kappa shape index (κ2) is 10.7. The summed E-state index contributed by atoms with van der Waals surface area (Å²) in [6, 6.07) is 8.00. The highest BCUT2D eigenvalue weighted by Crippen LogP contribution is 2.27. The Morgan fingerprint density at radius 3 is 2.80 bits per heavy atom. The average molecular weight is 413 g/mol. The summed E-state index contributed by atoms with van der Waals surface area (Å²) in [5, 5.41) is 11.8. The largest absolute Gasteiger partial charge is 0.374 e. The Kier molecular flexibility index (Phi) is 7.69. The minimum atomic E-state index is -0.553. The quantitative estimate of drug-likeness (QED) is 0.266. The zero-order valence-corrected chi connectivity index (χ0v) is 16.8. The molecule has 1 aliphatic heterocycles. The number of hydroxylamine groups is 1. The fraction of sp³-hybridized carbons (Fsp3) is 0.429. The first-order valence-corrected chi connectivity index (χ1v) is 10.1. The summed E-state index contributed by atoms with van der Waals surface area (Å²) in [6.07, 6.45) is 5.53. The maximum Gasteiger partial charge on any atom is 0.252 e. The molecule has 0 saturated heterocycles. The molecular weight excluding hydrogens is 386 g/mol. The predicted molar refractivity (Wildman–Crippen MR) is 110 cm³/mol. The van der Waals surface area contributed by atoms with Gasteiger partial charge in [-0.2, -0.15) is 0 Å². The predicted octanol–water partition coefficient (Wildman–Crippen LogP) is 2.26. The number of rotatable bonds is 10. The van der Waals surface area contributed by atoms with Gasteiger partial charge in [-0.05, 0) is 30.4 Å². The molecule has 0 spiro atoms. The van der Waals surface area contributed by atoms with Crippen LogP contribution in [0.5, 0.6) is 0 Å². The van der Waals surface area contributed by atoms with Crippen molar-refractivity contribution in [1.82, 2.24) is 15.4 Å². The van der Waals surface area contributed by atoms with Crippen molar-refractivity contribution < 1.29 is 19.5 Å². The number of carbonyl (C=O) groups excluding carboxylic acids is 2. The number of anilines is 1. The van der Waals surface area contributed by atoms with Gasteiger partial charge in [0.05, 0.1) is 30.5 Å². The Morgan fingerprint density at radius 1 is 1.20 bits per heavy atom. The number of fused-ring (bicyclic) bond motifs is 1. The molecule has 2 heterocycles. The summed E-state index contributed by atoms with van der Waals surface area (Å²) >= 11 is 0. The van der Waals surface area contributed by atoms with E-state index in [9.17, 15) is 9.59 Å². The van der Waals surface area contributed by atoms with Gasteiger partial charge in [0.25, 0.3) is 5.91 Å². The summed E-state index contributed by atoms with van der Waals surface area (Å²) in [4.78, 5) is 31.6. The van der Waals surface area contributed by atoms with Gasteiger partial charge in [0.2, 0.25) is 11.9 Å². The molecule has 2 aromatic rings. The van der Waals surface area contributed by atoms with Crippen molar-refractivity contribution in [3.63, 3.8) is 0 Å². The minimum Gasteiger partial charge on any atom is -0.374 e. The van der Waals surface area contributed by atoms with Crippen LogP contribution in [0, 0.1) is 0 Å². The number of carbonyl (C=O) groups is 2. The summed E-state index contributed by atoms with van der Waals surface area (Å²) in [5.74, 6) is -0.506. The van der Waals surface area contributed by atoms with Gasteiger partial charge >= 0.3 is 0 Å². The fourth-order valence-corrected chi connectivity index (χ4v) is 3.53. The minimum absolute atomic E-state index is 0.0695. The Bertz CT molecular complexity index is 889. The highest BCUT2D eigenvalue weighted by molar-refractivity contribution is 5.93. The van der Waals surface area contributed by atoms with E-state index >= 15 is 0 Å². The molecule has 30 heavy (non-hydrogen) atoms. The zero-order chi connectivity index (χ0) is 21.3. The molecule has 1 atom stereocenters. The van der Waals surface area contributed by atoms with Gasteiger partial charge in [0.1, 0.15) is 0 Å². The van der Waals surface area contributed by atoms with E-state index in [0.717, 1.165) is 30.4 Å². The molecule has 1 aromatic carbocycles. The smallest absolute Gasteiger partial charge is 0.252 e. The van der Waals surface area contributed by atoms with E-state index in [1.54, 1.807) is 5.48 Å². The first-order valence-electron chi connectivity index (χ1n) is 10.1. The zero-order valence-electron chi connectivity index (χ0n) is 16.8. The number of nitrogens with two attached hydrogens (primary N) is 1. The van der Waals surface area contributed by atoms with E-state index in [2.05, 4.69) is 21.4 Å². The van der Waals surface area contributed by atoms with Crippen molar-refractivity contribution in [1.29, 1.82) is 0 Å². The number of amides is 2. The monoisotopic (exact) mass is 413 g/mol. The molecule has 1 aliphatic rings. The van der Waals surface area contributed by atoms with Crippen molar-refractivity contribution in [2.24, 2.45) is 5.73 Å². The number of unbranched alkanes of at least 4 members (excludes halogenated alkanes) is 3. The first-order chi connectivity index (χ1) is 14.6. The molecule has 3 rings (SSSR count).